The molecule has 3 rings (SSSR count). The monoisotopic (exact) mass is 405 g/mol. The lowest BCUT2D eigenvalue weighted by atomic mass is 10.00. The van der Waals surface area contributed by atoms with Crippen LogP contribution in [-0.4, -0.2) is 35.7 Å². The Morgan fingerprint density at radius 3 is 2.33 bits per heavy atom. The van der Waals surface area contributed by atoms with Crippen molar-refractivity contribution in [2.24, 2.45) is 10.9 Å². The maximum absolute atomic E-state index is 13.6. The molecule has 1 aliphatic rings. The Labute approximate surface area is 179 Å². The van der Waals surface area contributed by atoms with Gasteiger partial charge in [0.1, 0.15) is 12.6 Å². The van der Waals surface area contributed by atoms with E-state index in [0.29, 0.717) is 12.3 Å². The smallest absolute Gasteiger partial charge is 0.252 e. The lowest BCUT2D eigenvalue weighted by molar-refractivity contribution is -0.125. The first-order valence-corrected chi connectivity index (χ1v) is 10.5. The van der Waals surface area contributed by atoms with E-state index in [4.69, 9.17) is 4.99 Å². The van der Waals surface area contributed by atoms with Gasteiger partial charge in [0.05, 0.1) is 11.4 Å². The summed E-state index contributed by atoms with van der Waals surface area (Å²) in [6, 6.07) is 17.1. The maximum atomic E-state index is 13.6. The van der Waals surface area contributed by atoms with E-state index in [9.17, 15) is 9.59 Å². The Bertz CT molecular complexity index is 942. The number of nitrogens with one attached hydrogen (secondary N) is 1. The van der Waals surface area contributed by atoms with Crippen LogP contribution in [0.2, 0.25) is 0 Å². The molecule has 2 aromatic carbocycles. The van der Waals surface area contributed by atoms with Gasteiger partial charge >= 0.3 is 0 Å². The van der Waals surface area contributed by atoms with Crippen molar-refractivity contribution in [2.45, 2.75) is 52.6 Å². The van der Waals surface area contributed by atoms with Crippen LogP contribution in [0.3, 0.4) is 0 Å². The summed E-state index contributed by atoms with van der Waals surface area (Å²) in [5, 5.41) is 2.97. The Kier molecular flexibility index (Phi) is 6.40. The molecular weight excluding hydrogens is 374 g/mol. The summed E-state index contributed by atoms with van der Waals surface area (Å²) in [5.74, 6) is -0.0190. The number of hydrogen-bond acceptors (Lipinski definition) is 3. The highest BCUT2D eigenvalue weighted by molar-refractivity contribution is 6.20. The molecule has 0 spiro atoms. The second kappa shape index (κ2) is 8.82. The van der Waals surface area contributed by atoms with Crippen molar-refractivity contribution in [3.63, 3.8) is 0 Å². The van der Waals surface area contributed by atoms with Crippen molar-refractivity contribution >= 4 is 23.2 Å². The van der Waals surface area contributed by atoms with Crippen LogP contribution in [0.15, 0.2) is 59.6 Å². The lowest BCUT2D eigenvalue weighted by Crippen LogP contribution is -2.49. The van der Waals surface area contributed by atoms with Crippen LogP contribution in [-0.2, 0) is 9.59 Å². The molecule has 30 heavy (non-hydrogen) atoms. The minimum atomic E-state index is -0.532. The molecule has 0 bridgehead atoms. The summed E-state index contributed by atoms with van der Waals surface area (Å²) in [7, 11) is 0. The number of rotatable bonds is 5. The molecule has 5 nitrogen and oxygen atoms in total. The minimum Gasteiger partial charge on any atom is -0.350 e. The summed E-state index contributed by atoms with van der Waals surface area (Å²) in [4.78, 5) is 32.8. The van der Waals surface area contributed by atoms with E-state index in [0.717, 1.165) is 22.5 Å². The molecule has 0 unspecified atom stereocenters. The molecule has 1 atom stereocenters. The first kappa shape index (κ1) is 21.8. The maximum Gasteiger partial charge on any atom is 0.252 e. The highest BCUT2D eigenvalue weighted by Gasteiger charge is 2.33. The van der Waals surface area contributed by atoms with Crippen LogP contribution >= 0.6 is 0 Å². The lowest BCUT2D eigenvalue weighted by Gasteiger charge is -2.27. The van der Waals surface area contributed by atoms with E-state index in [2.05, 4.69) is 19.2 Å². The largest absolute Gasteiger partial charge is 0.350 e. The van der Waals surface area contributed by atoms with Crippen LogP contribution in [0.25, 0.3) is 0 Å². The van der Waals surface area contributed by atoms with Gasteiger partial charge in [-0.05, 0) is 39.2 Å². The topological polar surface area (TPSA) is 61.8 Å². The normalized spacial score (nSPS) is 16.7. The Morgan fingerprint density at radius 2 is 1.70 bits per heavy atom. The van der Waals surface area contributed by atoms with Crippen LogP contribution in [0, 0.1) is 5.92 Å². The summed E-state index contributed by atoms with van der Waals surface area (Å²) in [6.45, 7) is 9.93. The predicted octanol–water partition coefficient (Wildman–Crippen LogP) is 4.20. The van der Waals surface area contributed by atoms with Crippen LogP contribution in [0.4, 0.5) is 5.69 Å². The molecule has 1 aliphatic heterocycles. The van der Waals surface area contributed by atoms with Crippen LogP contribution in [0.5, 0.6) is 0 Å². The van der Waals surface area contributed by atoms with Crippen molar-refractivity contribution in [1.82, 2.24) is 5.32 Å². The Morgan fingerprint density at radius 1 is 1.07 bits per heavy atom. The van der Waals surface area contributed by atoms with E-state index in [1.165, 1.54) is 0 Å². The van der Waals surface area contributed by atoms with Crippen LogP contribution in [0.1, 0.15) is 52.2 Å². The summed E-state index contributed by atoms with van der Waals surface area (Å²) >= 11 is 0. The third-order valence-electron chi connectivity index (χ3n) is 4.84. The van der Waals surface area contributed by atoms with Crippen molar-refractivity contribution in [2.75, 3.05) is 11.4 Å². The predicted molar refractivity (Wildman–Crippen MR) is 122 cm³/mol. The second-order valence-corrected chi connectivity index (χ2v) is 9.23. The average molecular weight is 406 g/mol. The number of carbonyl (C=O) groups excluding carboxylic acids is 2. The molecule has 0 aliphatic carbocycles. The summed E-state index contributed by atoms with van der Waals surface area (Å²) in [5.41, 5.74) is 2.98. The number of para-hydroxylation sites is 1. The van der Waals surface area contributed by atoms with Gasteiger partial charge in [0, 0.05) is 16.7 Å². The summed E-state index contributed by atoms with van der Waals surface area (Å²) < 4.78 is 0. The molecule has 1 N–H and O–H groups in total. The van der Waals surface area contributed by atoms with Gasteiger partial charge in [0.2, 0.25) is 5.91 Å². The standard InChI is InChI=1S/C25H31N3O2/c1-17(2)15-20-24(30)28(16-22(29)27-25(3,4)5)21-14-10-9-13-19(21)23(26-20)18-11-7-6-8-12-18/h6-14,17,20H,15-16H2,1-5H3,(H,27,29)/t20-/m1/s1. The van der Waals surface area contributed by atoms with Gasteiger partial charge in [-0.1, -0.05) is 62.4 Å². The molecule has 0 saturated heterocycles. The number of hydrogen-bond donors (Lipinski definition) is 1. The van der Waals surface area contributed by atoms with E-state index in [-0.39, 0.29) is 23.9 Å². The number of anilines is 1. The zero-order chi connectivity index (χ0) is 21.9. The molecule has 0 radical (unpaired) electrons. The van der Waals surface area contributed by atoms with Gasteiger partial charge in [-0.15, -0.1) is 0 Å². The fourth-order valence-electron chi connectivity index (χ4n) is 3.68. The number of nitrogens with zero attached hydrogens (tertiary/aromatic N) is 2. The molecule has 2 amide bonds. The van der Waals surface area contributed by atoms with E-state index < -0.39 is 6.04 Å². The van der Waals surface area contributed by atoms with Crippen LogP contribution < -0.4 is 10.2 Å². The van der Waals surface area contributed by atoms with Gasteiger partial charge in [-0.25, -0.2) is 0 Å². The number of carbonyl (C=O) groups is 2. The fraction of sp³-hybridized carbons (Fsp3) is 0.400. The van der Waals surface area contributed by atoms with Gasteiger partial charge < -0.3 is 10.2 Å². The van der Waals surface area contributed by atoms with E-state index >= 15 is 0 Å². The number of benzodiazepines with no additional fused rings is 1. The molecule has 0 saturated carbocycles. The SMILES string of the molecule is CC(C)C[C@H]1N=C(c2ccccc2)c2ccccc2N(CC(=O)NC(C)(C)C)C1=O. The van der Waals surface area contributed by atoms with Gasteiger partial charge in [-0.3, -0.25) is 14.6 Å². The van der Waals surface area contributed by atoms with Crippen molar-refractivity contribution in [3.05, 3.63) is 65.7 Å². The Hall–Kier alpha value is -2.95. The van der Waals surface area contributed by atoms with Gasteiger partial charge in [-0.2, -0.15) is 0 Å². The zero-order valence-electron chi connectivity index (χ0n) is 18.5. The van der Waals surface area contributed by atoms with Crippen molar-refractivity contribution in [3.8, 4) is 0 Å². The molecule has 1 heterocycles. The second-order valence-electron chi connectivity index (χ2n) is 9.23. The average Bonchev–Trinajstić information content (AvgIpc) is 2.78. The van der Waals surface area contributed by atoms with Crippen molar-refractivity contribution in [1.29, 1.82) is 0 Å². The van der Waals surface area contributed by atoms with Gasteiger partial charge in [0.25, 0.3) is 5.91 Å². The highest BCUT2D eigenvalue weighted by atomic mass is 16.2. The van der Waals surface area contributed by atoms with E-state index in [1.807, 2.05) is 75.4 Å². The molecule has 5 heteroatoms. The zero-order valence-corrected chi connectivity index (χ0v) is 18.5. The number of benzene rings is 2. The molecule has 158 valence electrons. The molecular formula is C25H31N3O2. The van der Waals surface area contributed by atoms with Crippen molar-refractivity contribution < 1.29 is 9.59 Å². The number of amides is 2. The minimum absolute atomic E-state index is 0.0285. The number of fused-ring (bicyclic) bond motifs is 1. The quantitative estimate of drug-likeness (QED) is 0.810. The third-order valence-corrected chi connectivity index (χ3v) is 4.84. The number of aliphatic imine (C=N–C) groups is 1. The Balaban J connectivity index is 2.10. The first-order valence-electron chi connectivity index (χ1n) is 10.5. The first-order chi connectivity index (χ1) is 14.2. The van der Waals surface area contributed by atoms with Gasteiger partial charge in [0.15, 0.2) is 0 Å². The molecule has 0 aromatic heterocycles. The fourth-order valence-corrected chi connectivity index (χ4v) is 3.68. The molecule has 0 fully saturated rings. The third kappa shape index (κ3) is 5.15. The molecule has 2 aromatic rings. The highest BCUT2D eigenvalue weighted by Crippen LogP contribution is 2.30. The van der Waals surface area contributed by atoms with E-state index in [1.54, 1.807) is 4.90 Å². The summed E-state index contributed by atoms with van der Waals surface area (Å²) in [6.07, 6.45) is 0.626.